The Morgan fingerprint density at radius 3 is 2.68 bits per heavy atom. The molecule has 98 valence electrons. The first-order valence-corrected chi connectivity index (χ1v) is 6.34. The van der Waals surface area contributed by atoms with Crippen molar-refractivity contribution in [1.29, 1.82) is 0 Å². The van der Waals surface area contributed by atoms with E-state index in [2.05, 4.69) is 21.0 Å². The van der Waals surface area contributed by atoms with Crippen molar-refractivity contribution in [3.8, 4) is 0 Å². The van der Waals surface area contributed by atoms with Crippen LogP contribution < -0.4 is 5.56 Å². The molecule has 1 aromatic heterocycles. The molecule has 0 atom stereocenters. The van der Waals surface area contributed by atoms with Gasteiger partial charge in [0, 0.05) is 5.71 Å². The van der Waals surface area contributed by atoms with Gasteiger partial charge >= 0.3 is 0 Å². The van der Waals surface area contributed by atoms with Crippen LogP contribution in [0.5, 0.6) is 0 Å². The summed E-state index contributed by atoms with van der Waals surface area (Å²) in [6.45, 7) is 5.65. The van der Waals surface area contributed by atoms with Crippen LogP contribution in [0.1, 0.15) is 23.6 Å². The molecule has 1 heterocycles. The first kappa shape index (κ1) is 13.4. The Hall–Kier alpha value is -2.01. The van der Waals surface area contributed by atoms with E-state index >= 15 is 0 Å². The van der Waals surface area contributed by atoms with Gasteiger partial charge in [-0.05, 0) is 38.6 Å². The predicted molar refractivity (Wildman–Crippen MR) is 80.0 cm³/mol. The van der Waals surface area contributed by atoms with Crippen LogP contribution in [0.25, 0.3) is 0 Å². The van der Waals surface area contributed by atoms with Gasteiger partial charge in [-0.1, -0.05) is 29.8 Å². The Balaban J connectivity index is 2.53. The minimum Gasteiger partial charge on any atom is -0.317 e. The highest BCUT2D eigenvalue weighted by atomic mass is 32.1. The molecule has 4 nitrogen and oxygen atoms in total. The van der Waals surface area contributed by atoms with Crippen LogP contribution in [0.15, 0.2) is 34.1 Å². The Morgan fingerprint density at radius 1 is 1.26 bits per heavy atom. The molecule has 0 unspecified atom stereocenters. The zero-order valence-corrected chi connectivity index (χ0v) is 11.9. The molecule has 0 spiro atoms. The Labute approximate surface area is 116 Å². The number of aromatic amines is 2. The first-order chi connectivity index (χ1) is 8.97. The minimum absolute atomic E-state index is 0.209. The Kier molecular flexibility index (Phi) is 3.76. The summed E-state index contributed by atoms with van der Waals surface area (Å²) in [6.07, 6.45) is 0. The largest absolute Gasteiger partial charge is 0.317 e. The van der Waals surface area contributed by atoms with Crippen molar-refractivity contribution in [1.82, 2.24) is 9.97 Å². The normalized spacial score (nSPS) is 11.6. The number of hydrogen-bond acceptors (Lipinski definition) is 3. The molecule has 0 radical (unpaired) electrons. The smallest absolute Gasteiger partial charge is 0.256 e. The summed E-state index contributed by atoms with van der Waals surface area (Å²) >= 11 is 4.96. The average molecular weight is 273 g/mol. The van der Waals surface area contributed by atoms with Gasteiger partial charge in [0.15, 0.2) is 4.77 Å². The highest BCUT2D eigenvalue weighted by molar-refractivity contribution is 7.71. The number of aryl methyl sites for hydroxylation is 1. The summed E-state index contributed by atoms with van der Waals surface area (Å²) in [5.74, 6) is 0.507. The predicted octanol–water partition coefficient (Wildman–Crippen LogP) is 3.19. The van der Waals surface area contributed by atoms with E-state index in [9.17, 15) is 4.79 Å². The Morgan fingerprint density at radius 2 is 2.00 bits per heavy atom. The van der Waals surface area contributed by atoms with Gasteiger partial charge in [0.25, 0.3) is 5.56 Å². The number of rotatable bonds is 2. The van der Waals surface area contributed by atoms with Gasteiger partial charge in [0.2, 0.25) is 0 Å². The van der Waals surface area contributed by atoms with Crippen molar-refractivity contribution in [3.05, 3.63) is 56.1 Å². The summed E-state index contributed by atoms with van der Waals surface area (Å²) in [7, 11) is 0. The monoisotopic (exact) mass is 273 g/mol. The maximum atomic E-state index is 11.6. The lowest BCUT2D eigenvalue weighted by Gasteiger charge is -2.04. The number of aromatic nitrogens is 2. The molecule has 0 aliphatic rings. The first-order valence-electron chi connectivity index (χ1n) is 5.93. The maximum absolute atomic E-state index is 11.6. The number of nitrogens with zero attached hydrogens (tertiary/aromatic N) is 1. The number of benzene rings is 1. The third kappa shape index (κ3) is 3.06. The topological polar surface area (TPSA) is 61.0 Å². The molecule has 0 bridgehead atoms. The summed E-state index contributed by atoms with van der Waals surface area (Å²) in [5.41, 5.74) is 3.35. The molecule has 0 saturated carbocycles. The lowest BCUT2D eigenvalue weighted by atomic mass is 10.1. The third-order valence-electron chi connectivity index (χ3n) is 2.87. The van der Waals surface area contributed by atoms with Gasteiger partial charge in [0.05, 0.1) is 5.56 Å². The number of H-pyrrole nitrogens is 2. The van der Waals surface area contributed by atoms with Crippen molar-refractivity contribution in [2.75, 3.05) is 0 Å². The molecule has 0 amide bonds. The van der Waals surface area contributed by atoms with Crippen molar-refractivity contribution < 1.29 is 0 Å². The van der Waals surface area contributed by atoms with Crippen LogP contribution in [-0.2, 0) is 0 Å². The maximum Gasteiger partial charge on any atom is 0.256 e. The SMILES string of the molecule is C/C(=N\c1[nH]c(=S)[nH]c(=O)c1C)c1cccc(C)c1. The van der Waals surface area contributed by atoms with Crippen LogP contribution in [0, 0.1) is 18.6 Å². The fraction of sp³-hybridized carbons (Fsp3) is 0.214. The van der Waals surface area contributed by atoms with E-state index in [1.165, 1.54) is 5.56 Å². The zero-order chi connectivity index (χ0) is 14.0. The highest BCUT2D eigenvalue weighted by Crippen LogP contribution is 2.13. The molecular weight excluding hydrogens is 258 g/mol. The fourth-order valence-corrected chi connectivity index (χ4v) is 1.94. The third-order valence-corrected chi connectivity index (χ3v) is 3.07. The summed E-state index contributed by atoms with van der Waals surface area (Å²) < 4.78 is 0.284. The van der Waals surface area contributed by atoms with Gasteiger partial charge in [-0.25, -0.2) is 4.99 Å². The lowest BCUT2D eigenvalue weighted by molar-refractivity contribution is 1.04. The van der Waals surface area contributed by atoms with E-state index in [1.54, 1.807) is 6.92 Å². The molecule has 1 aromatic carbocycles. The molecule has 0 fully saturated rings. The Bertz CT molecular complexity index is 756. The number of hydrogen-bond donors (Lipinski definition) is 2. The van der Waals surface area contributed by atoms with Gasteiger partial charge in [-0.15, -0.1) is 0 Å². The van der Waals surface area contributed by atoms with Crippen LogP contribution in [-0.4, -0.2) is 15.7 Å². The van der Waals surface area contributed by atoms with Crippen molar-refractivity contribution >= 4 is 23.7 Å². The fourth-order valence-electron chi connectivity index (χ4n) is 1.75. The van der Waals surface area contributed by atoms with E-state index < -0.39 is 0 Å². The van der Waals surface area contributed by atoms with E-state index in [4.69, 9.17) is 12.2 Å². The van der Waals surface area contributed by atoms with Crippen molar-refractivity contribution in [2.24, 2.45) is 4.99 Å². The summed E-state index contributed by atoms with van der Waals surface area (Å²) in [4.78, 5) is 21.5. The van der Waals surface area contributed by atoms with Gasteiger partial charge in [-0.2, -0.15) is 0 Å². The van der Waals surface area contributed by atoms with Crippen LogP contribution in [0.2, 0.25) is 0 Å². The summed E-state index contributed by atoms with van der Waals surface area (Å²) in [5, 5.41) is 0. The van der Waals surface area contributed by atoms with E-state index in [-0.39, 0.29) is 10.3 Å². The van der Waals surface area contributed by atoms with Gasteiger partial charge in [-0.3, -0.25) is 9.78 Å². The molecule has 0 aliphatic carbocycles. The van der Waals surface area contributed by atoms with Crippen LogP contribution in [0.4, 0.5) is 5.82 Å². The number of nitrogens with one attached hydrogen (secondary N) is 2. The quantitative estimate of drug-likeness (QED) is 0.652. The van der Waals surface area contributed by atoms with Crippen molar-refractivity contribution in [3.63, 3.8) is 0 Å². The molecule has 5 heteroatoms. The second-order valence-electron chi connectivity index (χ2n) is 4.45. The van der Waals surface area contributed by atoms with E-state index in [0.717, 1.165) is 11.3 Å². The average Bonchev–Trinajstić information content (AvgIpc) is 2.35. The van der Waals surface area contributed by atoms with Crippen molar-refractivity contribution in [2.45, 2.75) is 20.8 Å². The number of aliphatic imine (C=N–C) groups is 1. The second kappa shape index (κ2) is 5.32. The molecular formula is C14H15N3OS. The van der Waals surface area contributed by atoms with Crippen LogP contribution >= 0.6 is 12.2 Å². The van der Waals surface area contributed by atoms with Gasteiger partial charge in [0.1, 0.15) is 5.82 Å². The summed E-state index contributed by atoms with van der Waals surface area (Å²) in [6, 6.07) is 8.05. The molecule has 0 aliphatic heterocycles. The standard InChI is InChI=1S/C14H15N3OS/c1-8-5-4-6-11(7-8)10(3)15-12-9(2)13(18)17-14(19)16-12/h4-7H,1-3H3,(H2,16,17,18,19)/b15-10+. The molecule has 2 rings (SSSR count). The molecule has 2 N–H and O–H groups in total. The highest BCUT2D eigenvalue weighted by Gasteiger charge is 2.04. The minimum atomic E-state index is -0.209. The molecule has 19 heavy (non-hydrogen) atoms. The van der Waals surface area contributed by atoms with Gasteiger partial charge < -0.3 is 4.98 Å². The van der Waals surface area contributed by atoms with E-state index in [0.29, 0.717) is 11.4 Å². The molecule has 0 saturated heterocycles. The van der Waals surface area contributed by atoms with Crippen LogP contribution in [0.3, 0.4) is 0 Å². The zero-order valence-electron chi connectivity index (χ0n) is 11.1. The molecule has 2 aromatic rings. The van der Waals surface area contributed by atoms with E-state index in [1.807, 2.05) is 32.0 Å². The second-order valence-corrected chi connectivity index (χ2v) is 4.86. The lowest BCUT2D eigenvalue weighted by Crippen LogP contribution is -2.11.